The Morgan fingerprint density at radius 1 is 1.17 bits per heavy atom. The first-order valence-corrected chi connectivity index (χ1v) is 10.8. The summed E-state index contributed by atoms with van der Waals surface area (Å²) in [6.45, 7) is 1.82. The summed E-state index contributed by atoms with van der Waals surface area (Å²) >= 11 is 1.33. The first-order valence-electron chi connectivity index (χ1n) is 9.73. The minimum absolute atomic E-state index is 0.205. The van der Waals surface area contributed by atoms with Gasteiger partial charge in [-0.2, -0.15) is 0 Å². The first kappa shape index (κ1) is 22.2. The summed E-state index contributed by atoms with van der Waals surface area (Å²) in [5.41, 5.74) is 1.12. The van der Waals surface area contributed by atoms with Crippen LogP contribution >= 0.6 is 11.8 Å². The van der Waals surface area contributed by atoms with E-state index in [1.165, 1.54) is 23.9 Å². The Bertz CT molecular complexity index is 925. The number of carbonyl (C=O) groups excluding carboxylic acids is 2. The molecule has 0 radical (unpaired) electrons. The van der Waals surface area contributed by atoms with Crippen LogP contribution in [-0.2, 0) is 22.4 Å². The second-order valence-electron chi connectivity index (χ2n) is 7.38. The Morgan fingerprint density at radius 2 is 1.93 bits per heavy atom. The smallest absolute Gasteiger partial charge is 0.243 e. The Hall–Kier alpha value is -2.48. The minimum Gasteiger partial charge on any atom is -0.352 e. The topological polar surface area (TPSA) is 58.2 Å². The summed E-state index contributed by atoms with van der Waals surface area (Å²) in [6.07, 6.45) is 1.29. The van der Waals surface area contributed by atoms with E-state index in [9.17, 15) is 22.8 Å². The molecule has 3 unspecified atom stereocenters. The van der Waals surface area contributed by atoms with Gasteiger partial charge in [0, 0.05) is 11.8 Å². The highest BCUT2D eigenvalue weighted by molar-refractivity contribution is 8.00. The molecule has 0 spiro atoms. The highest BCUT2D eigenvalue weighted by Gasteiger charge is 2.33. The van der Waals surface area contributed by atoms with Gasteiger partial charge in [-0.05, 0) is 55.5 Å². The van der Waals surface area contributed by atoms with Crippen LogP contribution in [0.25, 0.3) is 0 Å². The molecule has 1 saturated heterocycles. The number of hydrogen-bond acceptors (Lipinski definition) is 3. The van der Waals surface area contributed by atoms with E-state index in [4.69, 9.17) is 0 Å². The average molecular weight is 436 g/mol. The quantitative estimate of drug-likeness (QED) is 0.700. The van der Waals surface area contributed by atoms with Crippen LogP contribution in [0.5, 0.6) is 0 Å². The largest absolute Gasteiger partial charge is 0.352 e. The summed E-state index contributed by atoms with van der Waals surface area (Å²) in [5.74, 6) is -2.32. The van der Waals surface area contributed by atoms with Gasteiger partial charge < -0.3 is 10.6 Å². The average Bonchev–Trinajstić information content (AvgIpc) is 2.72. The monoisotopic (exact) mass is 436 g/mol. The molecular weight excluding hydrogens is 413 g/mol. The van der Waals surface area contributed by atoms with Crippen molar-refractivity contribution in [3.63, 3.8) is 0 Å². The summed E-state index contributed by atoms with van der Waals surface area (Å²) in [4.78, 5) is 24.9. The summed E-state index contributed by atoms with van der Waals surface area (Å²) < 4.78 is 40.1. The zero-order chi connectivity index (χ0) is 21.7. The lowest BCUT2D eigenvalue weighted by molar-refractivity contribution is -0.129. The number of rotatable bonds is 7. The van der Waals surface area contributed by atoms with Gasteiger partial charge in [-0.3, -0.25) is 9.59 Å². The van der Waals surface area contributed by atoms with Gasteiger partial charge >= 0.3 is 0 Å². The molecule has 30 heavy (non-hydrogen) atoms. The fourth-order valence-electron chi connectivity index (χ4n) is 3.24. The zero-order valence-electron chi connectivity index (χ0n) is 16.5. The van der Waals surface area contributed by atoms with E-state index in [0.717, 1.165) is 12.1 Å². The Balaban J connectivity index is 1.46. The molecule has 8 heteroatoms. The molecule has 160 valence electrons. The number of hydrogen-bond donors (Lipinski definition) is 2. The van der Waals surface area contributed by atoms with Crippen molar-refractivity contribution in [3.05, 3.63) is 71.0 Å². The third-order valence-electron chi connectivity index (χ3n) is 4.99. The third kappa shape index (κ3) is 5.78. The van der Waals surface area contributed by atoms with Gasteiger partial charge in [0.1, 0.15) is 11.9 Å². The molecule has 1 heterocycles. The van der Waals surface area contributed by atoms with Crippen molar-refractivity contribution in [1.82, 2.24) is 10.6 Å². The number of nitrogens with one attached hydrogen (secondary N) is 2. The highest BCUT2D eigenvalue weighted by Crippen LogP contribution is 2.23. The van der Waals surface area contributed by atoms with Crippen LogP contribution in [-0.4, -0.2) is 34.9 Å². The molecule has 2 aromatic carbocycles. The van der Waals surface area contributed by atoms with Crippen molar-refractivity contribution in [2.75, 3.05) is 5.75 Å². The molecular formula is C22H23F3N2O2S. The number of aryl methyl sites for hydroxylation is 1. The number of carbonyl (C=O) groups is 2. The molecule has 0 bridgehead atoms. The zero-order valence-corrected chi connectivity index (χ0v) is 17.3. The molecule has 0 saturated carbocycles. The van der Waals surface area contributed by atoms with Crippen LogP contribution in [0, 0.1) is 17.5 Å². The van der Waals surface area contributed by atoms with Crippen molar-refractivity contribution in [1.29, 1.82) is 0 Å². The molecule has 1 fully saturated rings. The molecule has 2 N–H and O–H groups in total. The highest BCUT2D eigenvalue weighted by atomic mass is 32.2. The summed E-state index contributed by atoms with van der Waals surface area (Å²) in [6, 6.07) is 9.21. The van der Waals surface area contributed by atoms with Crippen molar-refractivity contribution in [3.8, 4) is 0 Å². The summed E-state index contributed by atoms with van der Waals surface area (Å²) in [7, 11) is 0. The predicted octanol–water partition coefficient (Wildman–Crippen LogP) is 3.38. The van der Waals surface area contributed by atoms with Crippen LogP contribution in [0.4, 0.5) is 13.2 Å². The van der Waals surface area contributed by atoms with Gasteiger partial charge in [0.15, 0.2) is 11.6 Å². The van der Waals surface area contributed by atoms with Crippen molar-refractivity contribution in [2.45, 2.75) is 43.5 Å². The lowest BCUT2D eigenvalue weighted by Gasteiger charge is -2.29. The number of amides is 2. The van der Waals surface area contributed by atoms with Crippen LogP contribution in [0.1, 0.15) is 24.5 Å². The molecule has 3 atom stereocenters. The van der Waals surface area contributed by atoms with E-state index in [1.807, 2.05) is 6.92 Å². The first-order chi connectivity index (χ1) is 14.3. The Morgan fingerprint density at radius 3 is 2.63 bits per heavy atom. The third-order valence-corrected chi connectivity index (χ3v) is 6.30. The van der Waals surface area contributed by atoms with Gasteiger partial charge in [0.25, 0.3) is 0 Å². The standard InChI is InChI=1S/C22H23F3N2O2S/c1-13(6-7-14-8-9-17(24)18(25)10-14)26-21(28)19-12-30-20(22(29)27-19)11-15-4-2-3-5-16(15)23/h2-5,8-10,13,19-20H,6-7,11-12H2,1H3,(H,26,28)(H,27,29). The lowest BCUT2D eigenvalue weighted by atomic mass is 10.1. The molecule has 3 rings (SSSR count). The van der Waals surface area contributed by atoms with E-state index in [1.54, 1.807) is 18.2 Å². The van der Waals surface area contributed by atoms with Gasteiger partial charge in [-0.1, -0.05) is 24.3 Å². The second kappa shape index (κ2) is 10.0. The number of halogens is 3. The van der Waals surface area contributed by atoms with Crippen LogP contribution in [0.3, 0.4) is 0 Å². The minimum atomic E-state index is -0.893. The van der Waals surface area contributed by atoms with Gasteiger partial charge in [-0.25, -0.2) is 13.2 Å². The van der Waals surface area contributed by atoms with E-state index in [-0.39, 0.29) is 30.1 Å². The van der Waals surface area contributed by atoms with Crippen molar-refractivity contribution >= 4 is 23.6 Å². The Kier molecular flexibility index (Phi) is 7.42. The fourth-order valence-corrected chi connectivity index (χ4v) is 4.42. The maximum Gasteiger partial charge on any atom is 0.243 e. The SMILES string of the molecule is CC(CCc1ccc(F)c(F)c1)NC(=O)C1CSC(Cc2ccccc2F)C(=O)N1. The maximum absolute atomic E-state index is 13.8. The van der Waals surface area contributed by atoms with Crippen LogP contribution < -0.4 is 10.6 Å². The van der Waals surface area contributed by atoms with E-state index >= 15 is 0 Å². The molecule has 1 aliphatic heterocycles. The van der Waals surface area contributed by atoms with E-state index in [0.29, 0.717) is 29.7 Å². The van der Waals surface area contributed by atoms with Crippen LogP contribution in [0.15, 0.2) is 42.5 Å². The molecule has 2 aromatic rings. The van der Waals surface area contributed by atoms with Gasteiger partial charge in [-0.15, -0.1) is 11.8 Å². The summed E-state index contributed by atoms with van der Waals surface area (Å²) in [5, 5.41) is 5.11. The lowest BCUT2D eigenvalue weighted by Crippen LogP contribution is -2.55. The second-order valence-corrected chi connectivity index (χ2v) is 8.61. The molecule has 0 aliphatic carbocycles. The normalized spacial score (nSPS) is 19.8. The maximum atomic E-state index is 13.8. The van der Waals surface area contributed by atoms with Crippen molar-refractivity contribution in [2.24, 2.45) is 0 Å². The predicted molar refractivity (Wildman–Crippen MR) is 111 cm³/mol. The molecule has 1 aliphatic rings. The number of thioether (sulfide) groups is 1. The van der Waals surface area contributed by atoms with Gasteiger partial charge in [0.2, 0.25) is 11.8 Å². The fraction of sp³-hybridized carbons (Fsp3) is 0.364. The molecule has 2 amide bonds. The van der Waals surface area contributed by atoms with E-state index < -0.39 is 22.9 Å². The van der Waals surface area contributed by atoms with Gasteiger partial charge in [0.05, 0.1) is 5.25 Å². The Labute approximate surface area is 177 Å². The van der Waals surface area contributed by atoms with Crippen LogP contribution in [0.2, 0.25) is 0 Å². The number of benzene rings is 2. The molecule has 4 nitrogen and oxygen atoms in total. The van der Waals surface area contributed by atoms with Crippen molar-refractivity contribution < 1.29 is 22.8 Å². The molecule has 0 aromatic heterocycles. The van der Waals surface area contributed by atoms with E-state index in [2.05, 4.69) is 10.6 Å².